The first-order valence-corrected chi connectivity index (χ1v) is 7.06. The van der Waals surface area contributed by atoms with Gasteiger partial charge < -0.3 is 14.6 Å². The molecule has 0 aliphatic carbocycles. The van der Waals surface area contributed by atoms with Crippen LogP contribution in [0.25, 0.3) is 10.9 Å². The zero-order valence-electron chi connectivity index (χ0n) is 12.4. The van der Waals surface area contributed by atoms with E-state index >= 15 is 0 Å². The number of nitrogens with one attached hydrogen (secondary N) is 1. The molecule has 108 valence electrons. The number of aromatic nitrogens is 1. The van der Waals surface area contributed by atoms with Crippen molar-refractivity contribution in [2.75, 3.05) is 20.6 Å². The second kappa shape index (κ2) is 6.57. The quantitative estimate of drug-likeness (QED) is 0.650. The first-order chi connectivity index (χ1) is 9.61. The van der Waals surface area contributed by atoms with Crippen LogP contribution in [0.1, 0.15) is 25.3 Å². The molecule has 0 unspecified atom stereocenters. The summed E-state index contributed by atoms with van der Waals surface area (Å²) in [5.74, 6) is 0.496. The van der Waals surface area contributed by atoms with Crippen molar-refractivity contribution in [1.29, 1.82) is 0 Å². The van der Waals surface area contributed by atoms with Gasteiger partial charge in [0, 0.05) is 30.1 Å². The second-order valence-corrected chi connectivity index (χ2v) is 5.27. The molecule has 0 bridgehead atoms. The molecule has 0 radical (unpaired) electrons. The maximum Gasteiger partial charge on any atom is 0.311 e. The van der Waals surface area contributed by atoms with Gasteiger partial charge >= 0.3 is 5.97 Å². The molecule has 0 amide bonds. The molecular formula is C16H22N2O2. The van der Waals surface area contributed by atoms with E-state index in [1.54, 1.807) is 0 Å². The Morgan fingerprint density at radius 1 is 1.35 bits per heavy atom. The molecule has 1 N–H and O–H groups in total. The van der Waals surface area contributed by atoms with Gasteiger partial charge in [-0.1, -0.05) is 13.0 Å². The van der Waals surface area contributed by atoms with Gasteiger partial charge in [0.15, 0.2) is 0 Å². The van der Waals surface area contributed by atoms with E-state index < -0.39 is 0 Å². The predicted molar refractivity (Wildman–Crippen MR) is 81.1 cm³/mol. The molecule has 20 heavy (non-hydrogen) atoms. The standard InChI is InChI=1S/C16H22N2O2/c1-4-6-15(19)20-14-8-5-7-13-16(14)12(11-17-13)9-10-18(2)3/h5,7-8,11,17H,4,6,9-10H2,1-3H3. The summed E-state index contributed by atoms with van der Waals surface area (Å²) in [6.45, 7) is 2.94. The number of fused-ring (bicyclic) bond motifs is 1. The fourth-order valence-corrected chi connectivity index (χ4v) is 2.22. The second-order valence-electron chi connectivity index (χ2n) is 5.27. The zero-order chi connectivity index (χ0) is 14.5. The molecule has 4 nitrogen and oxygen atoms in total. The van der Waals surface area contributed by atoms with Gasteiger partial charge in [0.2, 0.25) is 0 Å². The van der Waals surface area contributed by atoms with Crippen molar-refractivity contribution in [2.45, 2.75) is 26.2 Å². The summed E-state index contributed by atoms with van der Waals surface area (Å²) >= 11 is 0. The van der Waals surface area contributed by atoms with Gasteiger partial charge in [0.05, 0.1) is 0 Å². The van der Waals surface area contributed by atoms with Crippen LogP contribution in [0.5, 0.6) is 5.75 Å². The van der Waals surface area contributed by atoms with Gasteiger partial charge in [0.1, 0.15) is 5.75 Å². The normalized spacial score (nSPS) is 11.2. The van der Waals surface area contributed by atoms with Crippen molar-refractivity contribution in [1.82, 2.24) is 9.88 Å². The highest BCUT2D eigenvalue weighted by atomic mass is 16.5. The Kier molecular flexibility index (Phi) is 4.79. The molecule has 1 aromatic carbocycles. The van der Waals surface area contributed by atoms with Gasteiger partial charge in [-0.05, 0) is 44.6 Å². The Bertz CT molecular complexity index is 587. The molecule has 0 atom stereocenters. The first kappa shape index (κ1) is 14.6. The molecule has 0 aliphatic heterocycles. The number of carbonyl (C=O) groups excluding carboxylic acids is 1. The molecule has 0 saturated heterocycles. The number of likely N-dealkylation sites (N-methyl/N-ethyl adjacent to an activating group) is 1. The van der Waals surface area contributed by atoms with E-state index in [1.165, 1.54) is 5.56 Å². The predicted octanol–water partition coefficient (Wildman–Crippen LogP) is 2.98. The van der Waals surface area contributed by atoms with Crippen molar-refractivity contribution in [2.24, 2.45) is 0 Å². The molecule has 2 aromatic rings. The van der Waals surface area contributed by atoms with Crippen molar-refractivity contribution >= 4 is 16.9 Å². The van der Waals surface area contributed by atoms with Crippen molar-refractivity contribution in [3.63, 3.8) is 0 Å². The third-order valence-electron chi connectivity index (χ3n) is 3.26. The number of H-pyrrole nitrogens is 1. The minimum absolute atomic E-state index is 0.167. The Hall–Kier alpha value is -1.81. The molecule has 0 aliphatic rings. The molecule has 2 rings (SSSR count). The van der Waals surface area contributed by atoms with Crippen LogP contribution in [0.2, 0.25) is 0 Å². The number of rotatable bonds is 6. The SMILES string of the molecule is CCCC(=O)Oc1cccc2[nH]cc(CCN(C)C)c12. The largest absolute Gasteiger partial charge is 0.426 e. The number of nitrogens with zero attached hydrogens (tertiary/aromatic N) is 1. The third kappa shape index (κ3) is 3.39. The Morgan fingerprint density at radius 2 is 2.15 bits per heavy atom. The average molecular weight is 274 g/mol. The van der Waals surface area contributed by atoms with E-state index in [9.17, 15) is 4.79 Å². The van der Waals surface area contributed by atoms with E-state index in [2.05, 4.69) is 24.0 Å². The molecule has 0 saturated carbocycles. The van der Waals surface area contributed by atoms with Gasteiger partial charge in [-0.2, -0.15) is 0 Å². The van der Waals surface area contributed by atoms with Crippen LogP contribution in [0, 0.1) is 0 Å². The summed E-state index contributed by atoms with van der Waals surface area (Å²) in [4.78, 5) is 17.1. The summed E-state index contributed by atoms with van der Waals surface area (Å²) in [6.07, 6.45) is 4.18. The molecule has 0 fully saturated rings. The molecule has 1 heterocycles. The van der Waals surface area contributed by atoms with Crippen LogP contribution in [0.4, 0.5) is 0 Å². The fourth-order valence-electron chi connectivity index (χ4n) is 2.22. The van der Waals surface area contributed by atoms with Crippen LogP contribution in [0.3, 0.4) is 0 Å². The zero-order valence-corrected chi connectivity index (χ0v) is 12.4. The number of hydrogen-bond acceptors (Lipinski definition) is 3. The lowest BCUT2D eigenvalue weighted by molar-refractivity contribution is -0.134. The van der Waals surface area contributed by atoms with Crippen molar-refractivity contribution < 1.29 is 9.53 Å². The lowest BCUT2D eigenvalue weighted by Gasteiger charge is -2.10. The van der Waals surface area contributed by atoms with Gasteiger partial charge in [-0.25, -0.2) is 0 Å². The van der Waals surface area contributed by atoms with Crippen molar-refractivity contribution in [3.05, 3.63) is 30.0 Å². The smallest absolute Gasteiger partial charge is 0.311 e. The third-order valence-corrected chi connectivity index (χ3v) is 3.26. The van der Waals surface area contributed by atoms with E-state index in [0.717, 1.165) is 30.3 Å². The average Bonchev–Trinajstić information content (AvgIpc) is 2.81. The van der Waals surface area contributed by atoms with Crippen LogP contribution in [-0.4, -0.2) is 36.5 Å². The van der Waals surface area contributed by atoms with Crippen molar-refractivity contribution in [3.8, 4) is 5.75 Å². The van der Waals surface area contributed by atoms with Crippen LogP contribution >= 0.6 is 0 Å². The Labute approximate surface area is 119 Å². The van der Waals surface area contributed by atoms with E-state index in [1.807, 2.05) is 31.3 Å². The topological polar surface area (TPSA) is 45.3 Å². The summed E-state index contributed by atoms with van der Waals surface area (Å²) in [5, 5.41) is 1.03. The number of benzene rings is 1. The Balaban J connectivity index is 2.29. The minimum atomic E-state index is -0.167. The van der Waals surface area contributed by atoms with Crippen LogP contribution in [-0.2, 0) is 11.2 Å². The monoisotopic (exact) mass is 274 g/mol. The highest BCUT2D eigenvalue weighted by molar-refractivity contribution is 5.91. The summed E-state index contributed by atoms with van der Waals surface area (Å²) in [5.41, 5.74) is 2.20. The molecule has 4 heteroatoms. The summed E-state index contributed by atoms with van der Waals surface area (Å²) in [7, 11) is 4.11. The number of hydrogen-bond donors (Lipinski definition) is 1. The number of carbonyl (C=O) groups is 1. The van der Waals surface area contributed by atoms with Gasteiger partial charge in [-0.15, -0.1) is 0 Å². The van der Waals surface area contributed by atoms with Gasteiger partial charge in [-0.3, -0.25) is 4.79 Å². The summed E-state index contributed by atoms with van der Waals surface area (Å²) < 4.78 is 5.50. The van der Waals surface area contributed by atoms with E-state index in [4.69, 9.17) is 4.74 Å². The molecule has 0 spiro atoms. The first-order valence-electron chi connectivity index (χ1n) is 7.06. The minimum Gasteiger partial charge on any atom is -0.426 e. The maximum absolute atomic E-state index is 11.7. The van der Waals surface area contributed by atoms with Crippen LogP contribution in [0.15, 0.2) is 24.4 Å². The van der Waals surface area contributed by atoms with E-state index in [-0.39, 0.29) is 5.97 Å². The number of esters is 1. The maximum atomic E-state index is 11.7. The summed E-state index contributed by atoms with van der Waals surface area (Å²) in [6, 6.07) is 5.78. The number of aromatic amines is 1. The highest BCUT2D eigenvalue weighted by Gasteiger charge is 2.12. The van der Waals surface area contributed by atoms with Crippen LogP contribution < -0.4 is 4.74 Å². The molecule has 1 aromatic heterocycles. The number of ether oxygens (including phenoxy) is 1. The highest BCUT2D eigenvalue weighted by Crippen LogP contribution is 2.29. The molecular weight excluding hydrogens is 252 g/mol. The lowest BCUT2D eigenvalue weighted by atomic mass is 10.1. The van der Waals surface area contributed by atoms with E-state index in [0.29, 0.717) is 12.2 Å². The van der Waals surface area contributed by atoms with Gasteiger partial charge in [0.25, 0.3) is 0 Å². The Morgan fingerprint density at radius 3 is 2.85 bits per heavy atom. The fraction of sp³-hybridized carbons (Fsp3) is 0.438. The lowest BCUT2D eigenvalue weighted by Crippen LogP contribution is -2.15.